The van der Waals surface area contributed by atoms with Gasteiger partial charge in [0.15, 0.2) is 0 Å². The zero-order chi connectivity index (χ0) is 19.7. The van der Waals surface area contributed by atoms with Crippen molar-refractivity contribution in [3.63, 3.8) is 0 Å². The molecule has 6 heteroatoms. The van der Waals surface area contributed by atoms with E-state index in [4.69, 9.17) is 4.74 Å². The van der Waals surface area contributed by atoms with Gasteiger partial charge in [0.2, 0.25) is 5.91 Å². The predicted octanol–water partition coefficient (Wildman–Crippen LogP) is 3.26. The number of fused-ring (bicyclic) bond motifs is 1. The Balaban J connectivity index is 1.83. The molecule has 0 aliphatic heterocycles. The van der Waals surface area contributed by atoms with E-state index in [-0.39, 0.29) is 11.5 Å². The molecule has 0 atom stereocenters. The number of nitrogens with one attached hydrogen (secondary N) is 2. The Morgan fingerprint density at radius 2 is 2.21 bits per heavy atom. The van der Waals surface area contributed by atoms with Crippen molar-refractivity contribution in [3.05, 3.63) is 63.9 Å². The number of carbonyl (C=O) groups excluding carboxylic acids is 1. The monoisotopic (exact) mass is 379 g/mol. The van der Waals surface area contributed by atoms with Gasteiger partial charge in [0, 0.05) is 53.5 Å². The largest absolute Gasteiger partial charge is 0.500 e. The van der Waals surface area contributed by atoms with Crippen LogP contribution in [0.3, 0.4) is 0 Å². The Morgan fingerprint density at radius 1 is 1.39 bits per heavy atom. The van der Waals surface area contributed by atoms with Crippen LogP contribution in [0.25, 0.3) is 16.5 Å². The van der Waals surface area contributed by atoms with Gasteiger partial charge in [-0.05, 0) is 38.3 Å². The molecule has 2 aromatic rings. The van der Waals surface area contributed by atoms with Gasteiger partial charge in [-0.25, -0.2) is 0 Å². The third-order valence-corrected chi connectivity index (χ3v) is 5.32. The van der Waals surface area contributed by atoms with Crippen molar-refractivity contribution in [2.75, 3.05) is 7.11 Å². The minimum atomic E-state index is -0.0621. The van der Waals surface area contributed by atoms with E-state index in [1.165, 1.54) is 0 Å². The van der Waals surface area contributed by atoms with Gasteiger partial charge in [-0.15, -0.1) is 0 Å². The smallest absolute Gasteiger partial charge is 0.275 e. The van der Waals surface area contributed by atoms with Crippen molar-refractivity contribution >= 4 is 22.4 Å². The molecule has 2 aromatic heterocycles. The minimum Gasteiger partial charge on any atom is -0.500 e. The molecule has 1 amide bonds. The number of H-pyrrole nitrogens is 1. The van der Waals surface area contributed by atoms with Crippen molar-refractivity contribution in [3.8, 4) is 0 Å². The molecule has 6 nitrogen and oxygen atoms in total. The number of allylic oxidation sites excluding steroid dienone is 5. The zero-order valence-electron chi connectivity index (χ0n) is 16.2. The molecular weight excluding hydrogens is 354 g/mol. The van der Waals surface area contributed by atoms with Crippen LogP contribution in [0.15, 0.2) is 52.8 Å². The first-order valence-electron chi connectivity index (χ1n) is 9.73. The number of rotatable bonds is 6. The summed E-state index contributed by atoms with van der Waals surface area (Å²) < 4.78 is 7.33. The summed E-state index contributed by atoms with van der Waals surface area (Å²) in [6.45, 7) is 2.42. The molecular formula is C22H25N3O3. The van der Waals surface area contributed by atoms with E-state index in [9.17, 15) is 9.59 Å². The number of aromatic amines is 1. The number of aromatic nitrogens is 2. The van der Waals surface area contributed by atoms with Gasteiger partial charge in [-0.2, -0.15) is 0 Å². The first kappa shape index (κ1) is 18.3. The molecule has 0 saturated heterocycles. The van der Waals surface area contributed by atoms with Gasteiger partial charge in [-0.1, -0.05) is 12.2 Å². The molecule has 1 saturated carbocycles. The minimum absolute atomic E-state index is 0.00250. The Kier molecular flexibility index (Phi) is 4.94. The van der Waals surface area contributed by atoms with Gasteiger partial charge in [0.1, 0.15) is 11.3 Å². The van der Waals surface area contributed by atoms with Gasteiger partial charge in [-0.3, -0.25) is 9.59 Å². The van der Waals surface area contributed by atoms with Gasteiger partial charge < -0.3 is 19.6 Å². The molecule has 2 N–H and O–H groups in total. The van der Waals surface area contributed by atoms with Crippen LogP contribution in [0.2, 0.25) is 0 Å². The lowest BCUT2D eigenvalue weighted by atomic mass is 9.91. The van der Waals surface area contributed by atoms with Crippen molar-refractivity contribution < 1.29 is 9.53 Å². The quantitative estimate of drug-likeness (QED) is 0.757. The first-order chi connectivity index (χ1) is 13.6. The van der Waals surface area contributed by atoms with Crippen LogP contribution in [0.4, 0.5) is 0 Å². The summed E-state index contributed by atoms with van der Waals surface area (Å²) in [7, 11) is 1.66. The van der Waals surface area contributed by atoms with Crippen LogP contribution < -0.4 is 10.9 Å². The normalized spacial score (nSPS) is 17.3. The summed E-state index contributed by atoms with van der Waals surface area (Å²) in [5.41, 5.74) is 3.03. The molecule has 0 radical (unpaired) electrons. The van der Waals surface area contributed by atoms with E-state index in [0.717, 1.165) is 40.7 Å². The Labute approximate surface area is 163 Å². The second-order valence-electron chi connectivity index (χ2n) is 7.29. The maximum Gasteiger partial charge on any atom is 0.275 e. The van der Waals surface area contributed by atoms with E-state index < -0.39 is 0 Å². The highest BCUT2D eigenvalue weighted by atomic mass is 16.5. The molecule has 0 spiro atoms. The number of carbonyl (C=O) groups is 1. The number of amides is 1. The summed E-state index contributed by atoms with van der Waals surface area (Å²) in [6, 6.07) is 2.22. The van der Waals surface area contributed by atoms with Crippen LogP contribution in [-0.4, -0.2) is 28.6 Å². The molecule has 1 fully saturated rings. The summed E-state index contributed by atoms with van der Waals surface area (Å²) in [5, 5.41) is 3.91. The standard InChI is InChI=1S/C22H25N3O3/c1-3-4-11-25-13-18(16-9-10-23-20(16)22(25)27)17-12-14(5-8-19(17)28-2)21(26)24-15-6-7-15/h3-4,9-10,12-13,15,23H,5-8,11H2,1-2H3,(H,24,26)/b4-3+. The number of pyridine rings is 1. The van der Waals surface area contributed by atoms with E-state index in [0.29, 0.717) is 30.9 Å². The molecule has 2 aliphatic rings. The summed E-state index contributed by atoms with van der Waals surface area (Å²) in [6.07, 6.45) is 12.9. The number of hydrogen-bond acceptors (Lipinski definition) is 3. The zero-order valence-corrected chi connectivity index (χ0v) is 16.2. The fourth-order valence-electron chi connectivity index (χ4n) is 3.60. The Morgan fingerprint density at radius 3 is 2.93 bits per heavy atom. The molecule has 28 heavy (non-hydrogen) atoms. The number of nitrogens with zero attached hydrogens (tertiary/aromatic N) is 1. The summed E-state index contributed by atoms with van der Waals surface area (Å²) >= 11 is 0. The average Bonchev–Trinajstić information content (AvgIpc) is 3.38. The molecule has 2 heterocycles. The second kappa shape index (κ2) is 7.54. The lowest BCUT2D eigenvalue weighted by molar-refractivity contribution is -0.117. The molecule has 2 aliphatic carbocycles. The van der Waals surface area contributed by atoms with E-state index in [2.05, 4.69) is 10.3 Å². The highest BCUT2D eigenvalue weighted by molar-refractivity contribution is 6.01. The van der Waals surface area contributed by atoms with Gasteiger partial charge >= 0.3 is 0 Å². The summed E-state index contributed by atoms with van der Waals surface area (Å²) in [5.74, 6) is 0.837. The van der Waals surface area contributed by atoms with E-state index >= 15 is 0 Å². The molecule has 0 unspecified atom stereocenters. The van der Waals surface area contributed by atoms with Crippen LogP contribution in [-0.2, 0) is 16.1 Å². The molecule has 0 aromatic carbocycles. The van der Waals surface area contributed by atoms with Crippen LogP contribution in [0.5, 0.6) is 0 Å². The number of ether oxygens (including phenoxy) is 1. The highest BCUT2D eigenvalue weighted by Gasteiger charge is 2.27. The molecule has 4 rings (SSSR count). The number of hydrogen-bond donors (Lipinski definition) is 2. The van der Waals surface area contributed by atoms with Crippen LogP contribution in [0.1, 0.15) is 38.2 Å². The SMILES string of the molecule is C/C=C/Cn1cc(C2=C(OC)CCC(C(=O)NC3CC3)=C2)c2cc[nH]c2c1=O. The predicted molar refractivity (Wildman–Crippen MR) is 110 cm³/mol. The van der Waals surface area contributed by atoms with Crippen molar-refractivity contribution in [2.45, 2.75) is 45.2 Å². The third-order valence-electron chi connectivity index (χ3n) is 5.32. The fraction of sp³-hybridized carbons (Fsp3) is 0.364. The van der Waals surface area contributed by atoms with Crippen molar-refractivity contribution in [1.82, 2.24) is 14.9 Å². The Bertz CT molecular complexity index is 1060. The Hall–Kier alpha value is -3.02. The maximum atomic E-state index is 12.8. The maximum absolute atomic E-state index is 12.8. The van der Waals surface area contributed by atoms with Crippen molar-refractivity contribution in [1.29, 1.82) is 0 Å². The topological polar surface area (TPSA) is 76.1 Å². The van der Waals surface area contributed by atoms with Crippen LogP contribution >= 0.6 is 0 Å². The fourth-order valence-corrected chi connectivity index (χ4v) is 3.60. The second-order valence-corrected chi connectivity index (χ2v) is 7.29. The van der Waals surface area contributed by atoms with Gasteiger partial charge in [0.05, 0.1) is 7.11 Å². The summed E-state index contributed by atoms with van der Waals surface area (Å²) in [4.78, 5) is 28.4. The lowest BCUT2D eigenvalue weighted by Crippen LogP contribution is -2.28. The lowest BCUT2D eigenvalue weighted by Gasteiger charge is -2.20. The van der Waals surface area contributed by atoms with Gasteiger partial charge in [0.25, 0.3) is 5.56 Å². The molecule has 0 bridgehead atoms. The third kappa shape index (κ3) is 3.42. The number of methoxy groups -OCH3 is 1. The first-order valence-corrected chi connectivity index (χ1v) is 9.73. The average molecular weight is 379 g/mol. The molecule has 146 valence electrons. The highest BCUT2D eigenvalue weighted by Crippen LogP contribution is 2.34. The van der Waals surface area contributed by atoms with Crippen LogP contribution in [0, 0.1) is 0 Å². The van der Waals surface area contributed by atoms with E-state index in [1.807, 2.05) is 37.4 Å². The van der Waals surface area contributed by atoms with E-state index in [1.54, 1.807) is 17.9 Å². The van der Waals surface area contributed by atoms with Crippen molar-refractivity contribution in [2.24, 2.45) is 0 Å².